The van der Waals surface area contributed by atoms with E-state index in [1.54, 1.807) is 0 Å². The predicted molar refractivity (Wildman–Crippen MR) is 74.6 cm³/mol. The zero-order valence-corrected chi connectivity index (χ0v) is 11.9. The van der Waals surface area contributed by atoms with Crippen molar-refractivity contribution in [3.05, 3.63) is 35.4 Å². The minimum Gasteiger partial charge on any atom is -0.373 e. The summed E-state index contributed by atoms with van der Waals surface area (Å²) in [6.45, 7) is 9.81. The lowest BCUT2D eigenvalue weighted by Gasteiger charge is -2.21. The maximum Gasteiger partial charge on any atom is 0.0948 e. The molecule has 0 saturated heterocycles. The Morgan fingerprint density at radius 2 is 1.94 bits per heavy atom. The Labute approximate surface area is 110 Å². The van der Waals surface area contributed by atoms with E-state index in [9.17, 15) is 0 Å². The Bertz CT molecular complexity index is 358. The topological polar surface area (TPSA) is 44.5 Å². The molecule has 1 unspecified atom stereocenters. The van der Waals surface area contributed by atoms with Crippen LogP contribution in [0.15, 0.2) is 24.3 Å². The molecule has 102 valence electrons. The van der Waals surface area contributed by atoms with E-state index < -0.39 is 0 Å². The normalized spacial score (nSPS) is 13.6. The van der Waals surface area contributed by atoms with Crippen LogP contribution in [0.4, 0.5) is 0 Å². The van der Waals surface area contributed by atoms with Gasteiger partial charge in [-0.3, -0.25) is 0 Å². The number of hydrogen-bond acceptors (Lipinski definition) is 3. The Balaban J connectivity index is 2.43. The highest BCUT2D eigenvalue weighted by molar-refractivity contribution is 5.24. The molecule has 0 spiro atoms. The van der Waals surface area contributed by atoms with E-state index >= 15 is 0 Å². The molecule has 0 heterocycles. The summed E-state index contributed by atoms with van der Waals surface area (Å²) in [5, 5.41) is 0. The van der Waals surface area contributed by atoms with Crippen molar-refractivity contribution < 1.29 is 9.47 Å². The second-order valence-electron chi connectivity index (χ2n) is 5.47. The first kappa shape index (κ1) is 15.2. The molecule has 1 atom stereocenters. The fraction of sp³-hybridized carbons (Fsp3) is 0.600. The van der Waals surface area contributed by atoms with Gasteiger partial charge in [0.25, 0.3) is 0 Å². The molecular weight excluding hydrogens is 226 g/mol. The van der Waals surface area contributed by atoms with Gasteiger partial charge < -0.3 is 15.2 Å². The van der Waals surface area contributed by atoms with Crippen molar-refractivity contribution in [2.75, 3.05) is 19.8 Å². The Morgan fingerprint density at radius 3 is 2.50 bits per heavy atom. The predicted octanol–water partition coefficient (Wildman–Crippen LogP) is 2.83. The number of benzene rings is 1. The average Bonchev–Trinajstić information content (AvgIpc) is 2.27. The van der Waals surface area contributed by atoms with E-state index in [-0.39, 0.29) is 11.7 Å². The molecule has 0 fully saturated rings. The van der Waals surface area contributed by atoms with Crippen molar-refractivity contribution in [1.82, 2.24) is 0 Å². The highest BCUT2D eigenvalue weighted by atomic mass is 16.5. The summed E-state index contributed by atoms with van der Waals surface area (Å²) in [7, 11) is 0. The average molecular weight is 251 g/mol. The van der Waals surface area contributed by atoms with E-state index in [4.69, 9.17) is 15.2 Å². The van der Waals surface area contributed by atoms with E-state index in [0.29, 0.717) is 19.8 Å². The molecule has 3 heteroatoms. The molecule has 0 radical (unpaired) electrons. The maximum atomic E-state index is 5.78. The summed E-state index contributed by atoms with van der Waals surface area (Å²) in [5.41, 5.74) is 7.99. The summed E-state index contributed by atoms with van der Waals surface area (Å²) in [6, 6.07) is 8.26. The first-order chi connectivity index (χ1) is 8.42. The summed E-state index contributed by atoms with van der Waals surface area (Å²) in [5.74, 6) is 0. The first-order valence-corrected chi connectivity index (χ1v) is 6.44. The van der Waals surface area contributed by atoms with Gasteiger partial charge in [0.1, 0.15) is 0 Å². The molecule has 0 aliphatic carbocycles. The van der Waals surface area contributed by atoms with Gasteiger partial charge >= 0.3 is 0 Å². The molecule has 0 aliphatic heterocycles. The van der Waals surface area contributed by atoms with Gasteiger partial charge in [-0.05, 0) is 33.3 Å². The number of aryl methyl sites for hydroxylation is 1. The molecule has 0 aliphatic rings. The minimum absolute atomic E-state index is 0.0477. The van der Waals surface area contributed by atoms with E-state index in [1.165, 1.54) is 5.56 Å². The van der Waals surface area contributed by atoms with Gasteiger partial charge in [0.05, 0.1) is 24.9 Å². The number of ether oxygens (including phenoxy) is 2. The summed E-state index contributed by atoms with van der Waals surface area (Å²) < 4.78 is 11.4. The standard InChI is InChI=1S/C15H25NO2/c1-12-6-5-7-13(10-12)14(11-16)17-8-9-18-15(2,3)4/h5-7,10,14H,8-9,11,16H2,1-4H3. The van der Waals surface area contributed by atoms with Crippen LogP contribution in [-0.4, -0.2) is 25.4 Å². The van der Waals surface area contributed by atoms with Crippen molar-refractivity contribution >= 4 is 0 Å². The summed E-state index contributed by atoms with van der Waals surface area (Å²) >= 11 is 0. The third kappa shape index (κ3) is 5.63. The van der Waals surface area contributed by atoms with Crippen LogP contribution < -0.4 is 5.73 Å². The highest BCUT2D eigenvalue weighted by Gasteiger charge is 2.12. The monoisotopic (exact) mass is 251 g/mol. The SMILES string of the molecule is Cc1cccc(C(CN)OCCOC(C)(C)C)c1. The molecule has 0 bridgehead atoms. The van der Waals surface area contributed by atoms with Crippen molar-refractivity contribution in [2.24, 2.45) is 5.73 Å². The second-order valence-corrected chi connectivity index (χ2v) is 5.47. The van der Waals surface area contributed by atoms with Crippen LogP contribution in [0.1, 0.15) is 38.0 Å². The number of hydrogen-bond donors (Lipinski definition) is 1. The summed E-state index contributed by atoms with van der Waals surface area (Å²) in [4.78, 5) is 0. The van der Waals surface area contributed by atoms with Crippen molar-refractivity contribution in [3.63, 3.8) is 0 Å². The van der Waals surface area contributed by atoms with Crippen molar-refractivity contribution in [2.45, 2.75) is 39.4 Å². The van der Waals surface area contributed by atoms with Crippen LogP contribution in [-0.2, 0) is 9.47 Å². The first-order valence-electron chi connectivity index (χ1n) is 6.44. The molecule has 1 aromatic rings. The fourth-order valence-electron chi connectivity index (χ4n) is 1.71. The molecule has 1 aromatic carbocycles. The largest absolute Gasteiger partial charge is 0.373 e. The second kappa shape index (κ2) is 6.88. The van der Waals surface area contributed by atoms with Crippen molar-refractivity contribution in [3.8, 4) is 0 Å². The van der Waals surface area contributed by atoms with Crippen LogP contribution in [0.2, 0.25) is 0 Å². The van der Waals surface area contributed by atoms with Gasteiger partial charge in [-0.1, -0.05) is 29.8 Å². The third-order valence-corrected chi connectivity index (χ3v) is 2.57. The van der Waals surface area contributed by atoms with Crippen LogP contribution >= 0.6 is 0 Å². The number of rotatable bonds is 6. The van der Waals surface area contributed by atoms with Crippen LogP contribution in [0.5, 0.6) is 0 Å². The highest BCUT2D eigenvalue weighted by Crippen LogP contribution is 2.17. The smallest absolute Gasteiger partial charge is 0.0948 e. The van der Waals surface area contributed by atoms with E-state index in [1.807, 2.05) is 26.8 Å². The van der Waals surface area contributed by atoms with Gasteiger partial charge in [-0.25, -0.2) is 0 Å². The molecule has 0 aromatic heterocycles. The van der Waals surface area contributed by atoms with Gasteiger partial charge in [-0.15, -0.1) is 0 Å². The zero-order valence-electron chi connectivity index (χ0n) is 11.9. The lowest BCUT2D eigenvalue weighted by atomic mass is 10.1. The lowest BCUT2D eigenvalue weighted by molar-refractivity contribution is -0.0506. The Kier molecular flexibility index (Phi) is 5.79. The van der Waals surface area contributed by atoms with Crippen LogP contribution in [0, 0.1) is 6.92 Å². The Morgan fingerprint density at radius 1 is 1.22 bits per heavy atom. The van der Waals surface area contributed by atoms with Crippen LogP contribution in [0.3, 0.4) is 0 Å². The van der Waals surface area contributed by atoms with Crippen LogP contribution in [0.25, 0.3) is 0 Å². The summed E-state index contributed by atoms with van der Waals surface area (Å²) in [6.07, 6.45) is -0.0477. The molecule has 3 nitrogen and oxygen atoms in total. The third-order valence-electron chi connectivity index (χ3n) is 2.57. The number of nitrogens with two attached hydrogens (primary N) is 1. The van der Waals surface area contributed by atoms with Crippen molar-refractivity contribution in [1.29, 1.82) is 0 Å². The van der Waals surface area contributed by atoms with E-state index in [0.717, 1.165) is 5.56 Å². The molecule has 18 heavy (non-hydrogen) atoms. The molecule has 0 amide bonds. The Hall–Kier alpha value is -0.900. The molecular formula is C15H25NO2. The van der Waals surface area contributed by atoms with Gasteiger partial charge in [0, 0.05) is 6.54 Å². The van der Waals surface area contributed by atoms with Gasteiger partial charge in [0.2, 0.25) is 0 Å². The molecule has 0 saturated carbocycles. The molecule has 2 N–H and O–H groups in total. The minimum atomic E-state index is -0.120. The zero-order chi connectivity index (χ0) is 13.6. The molecule has 1 rings (SSSR count). The maximum absolute atomic E-state index is 5.78. The van der Waals surface area contributed by atoms with Gasteiger partial charge in [0.15, 0.2) is 0 Å². The van der Waals surface area contributed by atoms with Gasteiger partial charge in [-0.2, -0.15) is 0 Å². The quantitative estimate of drug-likeness (QED) is 0.791. The fourth-order valence-corrected chi connectivity index (χ4v) is 1.71. The van der Waals surface area contributed by atoms with E-state index in [2.05, 4.69) is 25.1 Å². The lowest BCUT2D eigenvalue weighted by Crippen LogP contribution is -2.24.